The van der Waals surface area contributed by atoms with Gasteiger partial charge >= 0.3 is 0 Å². The molecule has 0 fully saturated rings. The van der Waals surface area contributed by atoms with Crippen LogP contribution in [0.5, 0.6) is 5.75 Å². The topological polar surface area (TPSA) is 51.2 Å². The van der Waals surface area contributed by atoms with E-state index in [-0.39, 0.29) is 5.91 Å². The molecule has 0 atom stereocenters. The highest BCUT2D eigenvalue weighted by Crippen LogP contribution is 2.20. The molecule has 0 aliphatic carbocycles. The summed E-state index contributed by atoms with van der Waals surface area (Å²) in [7, 11) is 0. The molecule has 0 saturated carbocycles. The molecule has 0 unspecified atom stereocenters. The first-order valence-corrected chi connectivity index (χ1v) is 8.26. The van der Waals surface area contributed by atoms with Crippen molar-refractivity contribution in [3.05, 3.63) is 88.0 Å². The van der Waals surface area contributed by atoms with Gasteiger partial charge in [0, 0.05) is 22.3 Å². The first-order chi connectivity index (χ1) is 12.1. The van der Waals surface area contributed by atoms with E-state index in [1.165, 1.54) is 6.20 Å². The quantitative estimate of drug-likeness (QED) is 0.667. The summed E-state index contributed by atoms with van der Waals surface area (Å²) in [5.41, 5.74) is 1.35. The van der Waals surface area contributed by atoms with Gasteiger partial charge in [0.25, 0.3) is 5.91 Å². The number of aromatic nitrogens is 1. The van der Waals surface area contributed by atoms with Gasteiger partial charge in [-0.25, -0.2) is 4.98 Å². The number of nitrogens with one attached hydrogen (secondary N) is 1. The predicted octanol–water partition coefficient (Wildman–Crippen LogP) is 5.22. The van der Waals surface area contributed by atoms with Gasteiger partial charge in [0.1, 0.15) is 18.2 Å². The Bertz CT molecular complexity index is 883. The van der Waals surface area contributed by atoms with E-state index in [1.807, 2.05) is 24.3 Å². The van der Waals surface area contributed by atoms with Gasteiger partial charge in [-0.3, -0.25) is 4.79 Å². The van der Waals surface area contributed by atoms with Crippen molar-refractivity contribution in [3.8, 4) is 5.75 Å². The van der Waals surface area contributed by atoms with E-state index in [2.05, 4.69) is 10.3 Å². The number of ether oxygens (including phenoxy) is 1. The lowest BCUT2D eigenvalue weighted by molar-refractivity contribution is 0.102. The number of halogens is 2. The molecule has 0 bridgehead atoms. The monoisotopic (exact) mass is 372 g/mol. The van der Waals surface area contributed by atoms with Crippen LogP contribution in [0.2, 0.25) is 10.0 Å². The van der Waals surface area contributed by atoms with E-state index in [0.29, 0.717) is 33.8 Å². The molecule has 1 N–H and O–H groups in total. The summed E-state index contributed by atoms with van der Waals surface area (Å²) in [4.78, 5) is 16.4. The number of hydrogen-bond donors (Lipinski definition) is 1. The van der Waals surface area contributed by atoms with E-state index in [9.17, 15) is 4.79 Å². The van der Waals surface area contributed by atoms with Crippen LogP contribution in [0.25, 0.3) is 0 Å². The van der Waals surface area contributed by atoms with E-state index in [1.54, 1.807) is 36.4 Å². The van der Waals surface area contributed by atoms with Crippen molar-refractivity contribution in [1.82, 2.24) is 4.98 Å². The van der Waals surface area contributed by atoms with Crippen molar-refractivity contribution in [1.29, 1.82) is 0 Å². The second kappa shape index (κ2) is 8.01. The third-order valence-corrected chi connectivity index (χ3v) is 4.01. The maximum absolute atomic E-state index is 12.3. The van der Waals surface area contributed by atoms with Crippen LogP contribution < -0.4 is 10.1 Å². The molecule has 0 saturated heterocycles. The fourth-order valence-electron chi connectivity index (χ4n) is 2.14. The molecule has 0 aliphatic rings. The van der Waals surface area contributed by atoms with Crippen LogP contribution in [0.15, 0.2) is 66.9 Å². The van der Waals surface area contributed by atoms with Crippen molar-refractivity contribution < 1.29 is 9.53 Å². The minimum absolute atomic E-state index is 0.280. The van der Waals surface area contributed by atoms with Gasteiger partial charge in [-0.05, 0) is 36.4 Å². The molecule has 0 spiro atoms. The number of rotatable bonds is 5. The van der Waals surface area contributed by atoms with Crippen molar-refractivity contribution in [2.75, 3.05) is 5.32 Å². The number of amides is 1. The van der Waals surface area contributed by atoms with Crippen molar-refractivity contribution in [2.45, 2.75) is 6.61 Å². The highest BCUT2D eigenvalue weighted by molar-refractivity contribution is 6.31. The number of hydrogen-bond acceptors (Lipinski definition) is 3. The Morgan fingerprint density at radius 3 is 2.64 bits per heavy atom. The first kappa shape index (κ1) is 17.3. The summed E-state index contributed by atoms with van der Waals surface area (Å²) < 4.78 is 5.73. The largest absolute Gasteiger partial charge is 0.489 e. The Hall–Kier alpha value is -2.56. The lowest BCUT2D eigenvalue weighted by Gasteiger charge is -2.09. The van der Waals surface area contributed by atoms with Crippen LogP contribution in [-0.2, 0) is 6.61 Å². The standard InChI is InChI=1S/C19H14Cl2N2O2/c20-15-8-9-18(22-11-15)23-19(24)13-5-3-6-16(10-13)25-12-14-4-1-2-7-17(14)21/h1-11H,12H2,(H,22,23,24). The third-order valence-electron chi connectivity index (χ3n) is 3.42. The number of anilines is 1. The molecule has 25 heavy (non-hydrogen) atoms. The second-order valence-electron chi connectivity index (χ2n) is 5.22. The predicted molar refractivity (Wildman–Crippen MR) is 99.4 cm³/mol. The average Bonchev–Trinajstić information content (AvgIpc) is 2.63. The highest BCUT2D eigenvalue weighted by atomic mass is 35.5. The Kier molecular flexibility index (Phi) is 5.53. The molecule has 0 aliphatic heterocycles. The van der Waals surface area contributed by atoms with E-state index < -0.39 is 0 Å². The Morgan fingerprint density at radius 1 is 1.04 bits per heavy atom. The zero-order valence-electron chi connectivity index (χ0n) is 13.1. The van der Waals surface area contributed by atoms with Crippen LogP contribution in [0.4, 0.5) is 5.82 Å². The number of pyridine rings is 1. The lowest BCUT2D eigenvalue weighted by atomic mass is 10.2. The molecule has 4 nitrogen and oxygen atoms in total. The van der Waals surface area contributed by atoms with Gasteiger partial charge in [-0.2, -0.15) is 0 Å². The van der Waals surface area contributed by atoms with E-state index >= 15 is 0 Å². The molecule has 126 valence electrons. The molecular weight excluding hydrogens is 359 g/mol. The summed E-state index contributed by atoms with van der Waals surface area (Å²) in [5.74, 6) is 0.728. The van der Waals surface area contributed by atoms with Crippen LogP contribution in [0, 0.1) is 0 Å². The lowest BCUT2D eigenvalue weighted by Crippen LogP contribution is -2.12. The highest BCUT2D eigenvalue weighted by Gasteiger charge is 2.08. The second-order valence-corrected chi connectivity index (χ2v) is 6.07. The molecule has 3 aromatic rings. The van der Waals surface area contributed by atoms with E-state index in [4.69, 9.17) is 27.9 Å². The SMILES string of the molecule is O=C(Nc1ccc(Cl)cn1)c1cccc(OCc2ccccc2Cl)c1. The van der Waals surface area contributed by atoms with E-state index in [0.717, 1.165) is 5.56 Å². The van der Waals surface area contributed by atoms with Crippen molar-refractivity contribution in [3.63, 3.8) is 0 Å². The maximum atomic E-state index is 12.3. The van der Waals surface area contributed by atoms with Crippen molar-refractivity contribution in [2.24, 2.45) is 0 Å². The Labute approximate surface area is 155 Å². The summed E-state index contributed by atoms with van der Waals surface area (Å²) in [6.45, 7) is 0.323. The van der Waals surface area contributed by atoms with Crippen LogP contribution in [-0.4, -0.2) is 10.9 Å². The van der Waals surface area contributed by atoms with Gasteiger partial charge in [0.15, 0.2) is 0 Å². The third kappa shape index (κ3) is 4.72. The van der Waals surface area contributed by atoms with Crippen molar-refractivity contribution >= 4 is 34.9 Å². The van der Waals surface area contributed by atoms with Gasteiger partial charge in [-0.15, -0.1) is 0 Å². The zero-order valence-corrected chi connectivity index (χ0v) is 14.6. The van der Waals surface area contributed by atoms with Crippen LogP contribution in [0.3, 0.4) is 0 Å². The Morgan fingerprint density at radius 2 is 1.88 bits per heavy atom. The van der Waals surface area contributed by atoms with Crippen LogP contribution >= 0.6 is 23.2 Å². The van der Waals surface area contributed by atoms with Crippen LogP contribution in [0.1, 0.15) is 15.9 Å². The Balaban J connectivity index is 1.67. The number of carbonyl (C=O) groups excluding carboxylic acids is 1. The number of benzene rings is 2. The molecule has 2 aromatic carbocycles. The summed E-state index contributed by atoms with van der Waals surface area (Å²) in [6.07, 6.45) is 1.47. The van der Waals surface area contributed by atoms with Gasteiger partial charge in [0.2, 0.25) is 0 Å². The first-order valence-electron chi connectivity index (χ1n) is 7.51. The summed E-state index contributed by atoms with van der Waals surface area (Å²) in [6, 6.07) is 17.7. The minimum Gasteiger partial charge on any atom is -0.489 e. The fraction of sp³-hybridized carbons (Fsp3) is 0.0526. The molecule has 6 heteroatoms. The molecule has 1 heterocycles. The number of nitrogens with zero attached hydrogens (tertiary/aromatic N) is 1. The fourth-order valence-corrected chi connectivity index (χ4v) is 2.44. The molecule has 0 radical (unpaired) electrons. The molecule has 3 rings (SSSR count). The average molecular weight is 373 g/mol. The smallest absolute Gasteiger partial charge is 0.256 e. The minimum atomic E-state index is -0.280. The van der Waals surface area contributed by atoms with Gasteiger partial charge in [-0.1, -0.05) is 47.5 Å². The molecule has 1 aromatic heterocycles. The summed E-state index contributed by atoms with van der Waals surface area (Å²) >= 11 is 11.9. The zero-order chi connectivity index (χ0) is 17.6. The number of carbonyl (C=O) groups is 1. The maximum Gasteiger partial charge on any atom is 0.256 e. The molecular formula is C19H14Cl2N2O2. The normalized spacial score (nSPS) is 10.3. The summed E-state index contributed by atoms with van der Waals surface area (Å²) in [5, 5.41) is 3.86. The van der Waals surface area contributed by atoms with Gasteiger partial charge in [0.05, 0.1) is 5.02 Å². The molecule has 1 amide bonds. The van der Waals surface area contributed by atoms with Gasteiger partial charge < -0.3 is 10.1 Å².